The van der Waals surface area contributed by atoms with Gasteiger partial charge >= 0.3 is 5.97 Å². The summed E-state index contributed by atoms with van der Waals surface area (Å²) in [6.07, 6.45) is 2.03. The van der Waals surface area contributed by atoms with Crippen molar-refractivity contribution in [1.82, 2.24) is 4.98 Å². The van der Waals surface area contributed by atoms with Gasteiger partial charge in [-0.1, -0.05) is 11.6 Å². The molecule has 2 rings (SSSR count). The van der Waals surface area contributed by atoms with Gasteiger partial charge in [0.25, 0.3) is 0 Å². The van der Waals surface area contributed by atoms with Crippen molar-refractivity contribution in [2.45, 2.75) is 18.1 Å². The highest BCUT2D eigenvalue weighted by Gasteiger charge is 2.28. The number of hydrogen-bond donors (Lipinski definition) is 2. The fourth-order valence-corrected chi connectivity index (χ4v) is 3.33. The van der Waals surface area contributed by atoms with Crippen LogP contribution >= 0.6 is 11.6 Å². The third-order valence-electron chi connectivity index (χ3n) is 3.27. The van der Waals surface area contributed by atoms with Gasteiger partial charge in [-0.3, -0.25) is 0 Å². The van der Waals surface area contributed by atoms with Crippen molar-refractivity contribution in [2.24, 2.45) is 5.14 Å². The predicted molar refractivity (Wildman–Crippen MR) is 74.5 cm³/mol. The van der Waals surface area contributed by atoms with Crippen molar-refractivity contribution in [3.63, 3.8) is 0 Å². The van der Waals surface area contributed by atoms with E-state index in [9.17, 15) is 13.2 Å². The van der Waals surface area contributed by atoms with Gasteiger partial charge in [0.1, 0.15) is 5.82 Å². The normalized spacial score (nSPS) is 17.2. The van der Waals surface area contributed by atoms with Crippen LogP contribution in [0.15, 0.2) is 12.3 Å². The zero-order chi connectivity index (χ0) is 14.9. The summed E-state index contributed by atoms with van der Waals surface area (Å²) in [5.41, 5.74) is 0.0122. The van der Waals surface area contributed by atoms with E-state index in [0.717, 1.165) is 0 Å². The van der Waals surface area contributed by atoms with E-state index < -0.39 is 21.2 Å². The molecule has 0 aromatic carbocycles. The molecule has 0 atom stereocenters. The van der Waals surface area contributed by atoms with E-state index in [1.54, 1.807) is 0 Å². The van der Waals surface area contributed by atoms with E-state index in [2.05, 4.69) is 4.98 Å². The first-order valence-electron chi connectivity index (χ1n) is 5.94. The summed E-state index contributed by atoms with van der Waals surface area (Å²) in [7, 11) is -3.52. The molecule has 9 heteroatoms. The lowest BCUT2D eigenvalue weighted by molar-refractivity contribution is 0.0696. The molecule has 20 heavy (non-hydrogen) atoms. The highest BCUT2D eigenvalue weighted by atomic mass is 35.5. The number of carboxylic acids is 1. The molecule has 0 unspecified atom stereocenters. The maximum atomic E-state index is 11.3. The van der Waals surface area contributed by atoms with Crippen molar-refractivity contribution in [3.05, 3.63) is 22.8 Å². The number of aromatic carboxylic acids is 1. The fourth-order valence-electron chi connectivity index (χ4n) is 2.18. The van der Waals surface area contributed by atoms with Crippen LogP contribution in [0.3, 0.4) is 0 Å². The van der Waals surface area contributed by atoms with Crippen LogP contribution in [0.25, 0.3) is 0 Å². The van der Waals surface area contributed by atoms with Gasteiger partial charge in [-0.05, 0) is 18.9 Å². The Morgan fingerprint density at radius 2 is 2.05 bits per heavy atom. The molecule has 1 aromatic rings. The molecule has 0 spiro atoms. The summed E-state index contributed by atoms with van der Waals surface area (Å²) in [5, 5.41) is 13.7. The Hall–Kier alpha value is -1.38. The van der Waals surface area contributed by atoms with Gasteiger partial charge in [0.05, 0.1) is 15.8 Å². The Morgan fingerprint density at radius 1 is 1.45 bits per heavy atom. The lowest BCUT2D eigenvalue weighted by Crippen LogP contribution is -2.42. The molecule has 0 aliphatic carbocycles. The maximum Gasteiger partial charge on any atom is 0.337 e. The Balaban J connectivity index is 2.13. The first-order valence-corrected chi connectivity index (χ1v) is 7.93. The fraction of sp³-hybridized carbons (Fsp3) is 0.455. The van der Waals surface area contributed by atoms with Gasteiger partial charge in [-0.25, -0.2) is 23.3 Å². The second-order valence-electron chi connectivity index (χ2n) is 4.61. The summed E-state index contributed by atoms with van der Waals surface area (Å²) in [5.74, 6) is -0.636. The zero-order valence-corrected chi connectivity index (χ0v) is 12.1. The van der Waals surface area contributed by atoms with Gasteiger partial charge in [0, 0.05) is 19.3 Å². The molecule has 110 valence electrons. The van der Waals surface area contributed by atoms with Crippen LogP contribution in [0.4, 0.5) is 5.82 Å². The molecule has 2 heterocycles. The zero-order valence-electron chi connectivity index (χ0n) is 10.5. The molecule has 0 saturated carbocycles. The van der Waals surface area contributed by atoms with Gasteiger partial charge in [0.15, 0.2) is 0 Å². The number of hydrogen-bond acceptors (Lipinski definition) is 5. The number of nitrogens with two attached hydrogens (primary N) is 1. The Morgan fingerprint density at radius 3 is 2.50 bits per heavy atom. The van der Waals surface area contributed by atoms with E-state index in [1.807, 2.05) is 4.90 Å². The van der Waals surface area contributed by atoms with Crippen LogP contribution in [0.5, 0.6) is 0 Å². The first kappa shape index (κ1) is 15.0. The topological polar surface area (TPSA) is 114 Å². The minimum atomic E-state index is -3.52. The summed E-state index contributed by atoms with van der Waals surface area (Å²) in [6.45, 7) is 0.917. The van der Waals surface area contributed by atoms with Gasteiger partial charge in [-0.2, -0.15) is 0 Å². The van der Waals surface area contributed by atoms with Crippen LogP contribution in [-0.4, -0.2) is 42.8 Å². The Kier molecular flexibility index (Phi) is 4.17. The summed E-state index contributed by atoms with van der Waals surface area (Å²) >= 11 is 6.02. The number of aromatic nitrogens is 1. The Bertz CT molecular complexity index is 627. The number of anilines is 1. The lowest BCUT2D eigenvalue weighted by Gasteiger charge is -2.32. The predicted octanol–water partition coefficient (Wildman–Crippen LogP) is 0.691. The highest BCUT2D eigenvalue weighted by molar-refractivity contribution is 7.89. The van der Waals surface area contributed by atoms with Crippen LogP contribution < -0.4 is 10.0 Å². The van der Waals surface area contributed by atoms with Crippen molar-refractivity contribution < 1.29 is 18.3 Å². The molecule has 1 aliphatic rings. The standard InChI is InChI=1S/C11H14ClN3O4S/c12-9-5-7(11(16)17)6-14-10(9)15-3-1-8(2-4-15)20(13,18)19/h5-6,8H,1-4H2,(H,16,17)(H2,13,18,19). The molecule has 0 radical (unpaired) electrons. The van der Waals surface area contributed by atoms with Crippen LogP contribution in [-0.2, 0) is 10.0 Å². The van der Waals surface area contributed by atoms with Crippen molar-refractivity contribution in [2.75, 3.05) is 18.0 Å². The second-order valence-corrected chi connectivity index (χ2v) is 6.86. The largest absolute Gasteiger partial charge is 0.478 e. The third kappa shape index (κ3) is 3.20. The Labute approximate surface area is 121 Å². The number of piperidine rings is 1. The lowest BCUT2D eigenvalue weighted by atomic mass is 10.1. The molecule has 1 aliphatic heterocycles. The molecule has 1 aromatic heterocycles. The average Bonchev–Trinajstić information content (AvgIpc) is 2.37. The monoisotopic (exact) mass is 319 g/mol. The molecule has 3 N–H and O–H groups in total. The number of primary sulfonamides is 1. The highest BCUT2D eigenvalue weighted by Crippen LogP contribution is 2.27. The quantitative estimate of drug-likeness (QED) is 0.847. The van der Waals surface area contributed by atoms with Crippen molar-refractivity contribution in [3.8, 4) is 0 Å². The van der Waals surface area contributed by atoms with Crippen molar-refractivity contribution >= 4 is 33.4 Å². The average molecular weight is 320 g/mol. The number of nitrogens with zero attached hydrogens (tertiary/aromatic N) is 2. The SMILES string of the molecule is NS(=O)(=O)C1CCN(c2ncc(C(=O)O)cc2Cl)CC1. The first-order chi connectivity index (χ1) is 9.29. The minimum Gasteiger partial charge on any atom is -0.478 e. The number of rotatable bonds is 3. The molecular weight excluding hydrogens is 306 g/mol. The van der Waals surface area contributed by atoms with Gasteiger partial charge in [-0.15, -0.1) is 0 Å². The number of sulfonamides is 1. The molecule has 0 bridgehead atoms. The molecule has 0 amide bonds. The molecule has 1 saturated heterocycles. The second kappa shape index (κ2) is 5.55. The van der Waals surface area contributed by atoms with E-state index in [-0.39, 0.29) is 10.6 Å². The van der Waals surface area contributed by atoms with Gasteiger partial charge in [0.2, 0.25) is 10.0 Å². The number of carbonyl (C=O) groups is 1. The van der Waals surface area contributed by atoms with Gasteiger partial charge < -0.3 is 10.0 Å². The van der Waals surface area contributed by atoms with Crippen LogP contribution in [0.1, 0.15) is 23.2 Å². The molecule has 7 nitrogen and oxygen atoms in total. The van der Waals surface area contributed by atoms with E-state index >= 15 is 0 Å². The molecule has 1 fully saturated rings. The number of halogens is 1. The van der Waals surface area contributed by atoms with Crippen LogP contribution in [0, 0.1) is 0 Å². The summed E-state index contributed by atoms with van der Waals surface area (Å²) in [4.78, 5) is 16.7. The number of carboxylic acid groups (broad SMARTS) is 1. The minimum absolute atomic E-state index is 0.0122. The van der Waals surface area contributed by atoms with E-state index in [0.29, 0.717) is 31.7 Å². The summed E-state index contributed by atoms with van der Waals surface area (Å²) in [6, 6.07) is 1.33. The maximum absolute atomic E-state index is 11.3. The number of pyridine rings is 1. The third-order valence-corrected chi connectivity index (χ3v) is 4.95. The van der Waals surface area contributed by atoms with E-state index in [4.69, 9.17) is 21.8 Å². The van der Waals surface area contributed by atoms with Crippen molar-refractivity contribution in [1.29, 1.82) is 0 Å². The summed E-state index contributed by atoms with van der Waals surface area (Å²) < 4.78 is 22.5. The molecular formula is C11H14ClN3O4S. The van der Waals surface area contributed by atoms with Crippen LogP contribution in [0.2, 0.25) is 5.02 Å². The smallest absolute Gasteiger partial charge is 0.337 e. The van der Waals surface area contributed by atoms with E-state index in [1.165, 1.54) is 12.3 Å².